The minimum atomic E-state index is -0.579. The number of nitrogens with zero attached hydrogens (tertiary/aromatic N) is 1. The largest absolute Gasteiger partial charge is 0.490 e. The van der Waals surface area contributed by atoms with Crippen molar-refractivity contribution in [3.63, 3.8) is 0 Å². The highest BCUT2D eigenvalue weighted by Crippen LogP contribution is 2.22. The Hall–Kier alpha value is -3.73. The molecule has 0 radical (unpaired) electrons. The van der Waals surface area contributed by atoms with Crippen LogP contribution >= 0.6 is 12.2 Å². The molecule has 9 nitrogen and oxygen atoms in total. The van der Waals surface area contributed by atoms with Crippen LogP contribution < -0.4 is 26.0 Å². The van der Waals surface area contributed by atoms with Crippen molar-refractivity contribution in [2.75, 3.05) is 25.0 Å². The van der Waals surface area contributed by atoms with Gasteiger partial charge in [0.25, 0.3) is 5.91 Å². The van der Waals surface area contributed by atoms with Crippen molar-refractivity contribution >= 4 is 34.9 Å². The zero-order chi connectivity index (χ0) is 27.0. The fraction of sp³-hybridized carbons (Fsp3) is 0.385. The van der Waals surface area contributed by atoms with E-state index in [1.54, 1.807) is 58.3 Å². The zero-order valence-corrected chi connectivity index (χ0v) is 22.2. The highest BCUT2D eigenvalue weighted by atomic mass is 32.1. The van der Waals surface area contributed by atoms with Gasteiger partial charge in [-0.3, -0.25) is 9.78 Å². The number of aromatic nitrogens is 1. The number of halogens is 1. The minimum absolute atomic E-state index is 0.202. The number of ether oxygens (including phenoxy) is 2. The number of nitrogens with one attached hydrogen (secondary N) is 4. The molecule has 0 aliphatic carbocycles. The van der Waals surface area contributed by atoms with Crippen LogP contribution in [0.4, 0.5) is 14.9 Å². The first-order chi connectivity index (χ1) is 17.5. The maximum absolute atomic E-state index is 14.0. The Labute approximate surface area is 221 Å². The molecule has 0 bridgehead atoms. The fourth-order valence-corrected chi connectivity index (χ4v) is 3.84. The Morgan fingerprint density at radius 3 is 2.81 bits per heavy atom. The number of alkyl carbamates (subject to hydrolysis) is 1. The number of amides is 2. The molecule has 1 aliphatic rings. The van der Waals surface area contributed by atoms with E-state index in [-0.39, 0.29) is 29.9 Å². The van der Waals surface area contributed by atoms with Gasteiger partial charge in [0, 0.05) is 48.2 Å². The lowest BCUT2D eigenvalue weighted by Crippen LogP contribution is -2.39. The molecule has 0 saturated heterocycles. The molecule has 0 atom stereocenters. The van der Waals surface area contributed by atoms with Gasteiger partial charge in [0.1, 0.15) is 28.8 Å². The number of hydrogen-bond donors (Lipinski definition) is 4. The van der Waals surface area contributed by atoms with Crippen molar-refractivity contribution in [2.45, 2.75) is 46.3 Å². The van der Waals surface area contributed by atoms with Gasteiger partial charge < -0.3 is 30.7 Å². The standard InChI is InChI=1S/C26H32FN5O4S/c1-16-18(27)6-5-7-19(16)32-24(37)22-20(9-11-29-23(22)33)31-14-17-8-10-28-15-21(17)35-13-12-30-25(34)36-26(2,3)4/h5-8,10,15,31H,9,11-14H2,1-4H3,(H,29,33)(H,30,34)(H,32,37). The van der Waals surface area contributed by atoms with Gasteiger partial charge in [-0.25, -0.2) is 9.18 Å². The first kappa shape index (κ1) is 27.9. The third-order valence-electron chi connectivity index (χ3n) is 5.32. The van der Waals surface area contributed by atoms with Gasteiger partial charge in [0.15, 0.2) is 0 Å². The summed E-state index contributed by atoms with van der Waals surface area (Å²) in [5.74, 6) is -0.126. The van der Waals surface area contributed by atoms with Gasteiger partial charge in [-0.15, -0.1) is 0 Å². The van der Waals surface area contributed by atoms with Crippen LogP contribution in [0.3, 0.4) is 0 Å². The van der Waals surface area contributed by atoms with E-state index in [9.17, 15) is 14.0 Å². The Bertz CT molecular complexity index is 1200. The topological polar surface area (TPSA) is 114 Å². The van der Waals surface area contributed by atoms with Crippen molar-refractivity contribution in [3.05, 3.63) is 64.9 Å². The third-order valence-corrected chi connectivity index (χ3v) is 5.63. The molecule has 4 N–H and O–H groups in total. The summed E-state index contributed by atoms with van der Waals surface area (Å²) in [4.78, 5) is 28.8. The number of anilines is 1. The summed E-state index contributed by atoms with van der Waals surface area (Å²) in [6.07, 6.45) is 3.26. The second-order valence-electron chi connectivity index (χ2n) is 9.34. The second kappa shape index (κ2) is 12.5. The number of thiocarbonyl (C=S) groups is 1. The van der Waals surface area contributed by atoms with Gasteiger partial charge in [-0.2, -0.15) is 0 Å². The van der Waals surface area contributed by atoms with E-state index in [1.165, 1.54) is 6.07 Å². The Morgan fingerprint density at radius 2 is 2.05 bits per heavy atom. The van der Waals surface area contributed by atoms with E-state index in [0.717, 1.165) is 5.56 Å². The summed E-state index contributed by atoms with van der Waals surface area (Å²) < 4.78 is 25.0. The number of benzene rings is 1. The summed E-state index contributed by atoms with van der Waals surface area (Å²) in [5.41, 5.74) is 2.12. The SMILES string of the molecule is Cc1c(F)cccc1NC(=S)C1=C(NCc2ccncc2OCCNC(=O)OC(C)(C)C)CCNC1=O. The number of hydrogen-bond acceptors (Lipinski definition) is 7. The van der Waals surface area contributed by atoms with Crippen LogP contribution in [0.25, 0.3) is 0 Å². The molecule has 1 aromatic heterocycles. The molecule has 0 spiro atoms. The highest BCUT2D eigenvalue weighted by molar-refractivity contribution is 7.81. The van der Waals surface area contributed by atoms with Gasteiger partial charge in [-0.1, -0.05) is 18.3 Å². The first-order valence-corrected chi connectivity index (χ1v) is 12.3. The average Bonchev–Trinajstić information content (AvgIpc) is 2.83. The Morgan fingerprint density at radius 1 is 1.27 bits per heavy atom. The smallest absolute Gasteiger partial charge is 0.407 e. The molecular formula is C26H32FN5O4S. The number of pyridine rings is 1. The predicted octanol–water partition coefficient (Wildman–Crippen LogP) is 3.74. The van der Waals surface area contributed by atoms with Crippen molar-refractivity contribution in [1.82, 2.24) is 20.9 Å². The van der Waals surface area contributed by atoms with E-state index in [4.69, 9.17) is 21.7 Å². The summed E-state index contributed by atoms with van der Waals surface area (Å²) in [6.45, 7) is 8.30. The monoisotopic (exact) mass is 529 g/mol. The first-order valence-electron chi connectivity index (χ1n) is 11.9. The third kappa shape index (κ3) is 8.14. The molecule has 37 heavy (non-hydrogen) atoms. The van der Waals surface area contributed by atoms with Crippen molar-refractivity contribution in [3.8, 4) is 5.75 Å². The van der Waals surface area contributed by atoms with Gasteiger partial charge in [0.2, 0.25) is 0 Å². The quantitative estimate of drug-likeness (QED) is 0.287. The molecule has 0 fully saturated rings. The normalized spacial score (nSPS) is 13.5. The average molecular weight is 530 g/mol. The Kier molecular flexibility index (Phi) is 9.40. The molecule has 2 amide bonds. The molecule has 11 heteroatoms. The van der Waals surface area contributed by atoms with E-state index in [1.807, 2.05) is 0 Å². The summed E-state index contributed by atoms with van der Waals surface area (Å²) in [7, 11) is 0. The van der Waals surface area contributed by atoms with Crippen LogP contribution in [0.2, 0.25) is 0 Å². The number of carbonyl (C=O) groups is 2. The van der Waals surface area contributed by atoms with Crippen LogP contribution in [-0.2, 0) is 16.1 Å². The Balaban J connectivity index is 1.65. The summed E-state index contributed by atoms with van der Waals surface area (Å²) in [6, 6.07) is 6.46. The molecule has 2 aromatic rings. The molecule has 198 valence electrons. The molecule has 3 rings (SSSR count). The zero-order valence-electron chi connectivity index (χ0n) is 21.4. The maximum Gasteiger partial charge on any atom is 0.407 e. The lowest BCUT2D eigenvalue weighted by molar-refractivity contribution is -0.117. The van der Waals surface area contributed by atoms with Gasteiger partial charge >= 0.3 is 6.09 Å². The summed E-state index contributed by atoms with van der Waals surface area (Å²) in [5, 5.41) is 11.8. The van der Waals surface area contributed by atoms with Crippen molar-refractivity contribution < 1.29 is 23.5 Å². The van der Waals surface area contributed by atoms with Gasteiger partial charge in [-0.05, 0) is 45.9 Å². The number of carbonyl (C=O) groups excluding carboxylic acids is 2. The summed E-state index contributed by atoms with van der Waals surface area (Å²) >= 11 is 5.52. The molecule has 0 saturated carbocycles. The van der Waals surface area contributed by atoms with Crippen LogP contribution in [0, 0.1) is 12.7 Å². The molecular weight excluding hydrogens is 497 g/mol. The van der Waals surface area contributed by atoms with E-state index in [2.05, 4.69) is 26.3 Å². The van der Waals surface area contributed by atoms with Crippen LogP contribution in [0.1, 0.15) is 38.3 Å². The molecule has 1 aromatic carbocycles. The van der Waals surface area contributed by atoms with Crippen molar-refractivity contribution in [1.29, 1.82) is 0 Å². The lowest BCUT2D eigenvalue weighted by Gasteiger charge is -2.24. The van der Waals surface area contributed by atoms with E-state index in [0.29, 0.717) is 47.8 Å². The number of rotatable bonds is 9. The fourth-order valence-electron chi connectivity index (χ4n) is 3.51. The van der Waals surface area contributed by atoms with Crippen LogP contribution in [-0.4, -0.2) is 47.3 Å². The van der Waals surface area contributed by atoms with E-state index >= 15 is 0 Å². The second-order valence-corrected chi connectivity index (χ2v) is 9.75. The van der Waals surface area contributed by atoms with Gasteiger partial charge in [0.05, 0.1) is 18.3 Å². The van der Waals surface area contributed by atoms with Crippen LogP contribution in [0.15, 0.2) is 47.9 Å². The maximum atomic E-state index is 14.0. The lowest BCUT2D eigenvalue weighted by atomic mass is 10.1. The molecule has 0 unspecified atom stereocenters. The molecule has 1 aliphatic heterocycles. The van der Waals surface area contributed by atoms with E-state index < -0.39 is 11.7 Å². The minimum Gasteiger partial charge on any atom is -0.490 e. The van der Waals surface area contributed by atoms with Crippen molar-refractivity contribution in [2.24, 2.45) is 0 Å². The predicted molar refractivity (Wildman–Crippen MR) is 143 cm³/mol. The van der Waals surface area contributed by atoms with Crippen LogP contribution in [0.5, 0.6) is 5.75 Å². The molecule has 2 heterocycles. The highest BCUT2D eigenvalue weighted by Gasteiger charge is 2.25.